The summed E-state index contributed by atoms with van der Waals surface area (Å²) < 4.78 is 24.2. The highest BCUT2D eigenvalue weighted by Gasteiger charge is 2.27. The molecule has 0 aliphatic rings. The van der Waals surface area contributed by atoms with Crippen LogP contribution in [0, 0.1) is 10.1 Å². The van der Waals surface area contributed by atoms with Gasteiger partial charge in [-0.3, -0.25) is 10.1 Å². The highest BCUT2D eigenvalue weighted by molar-refractivity contribution is 6.31. The summed E-state index contributed by atoms with van der Waals surface area (Å²) in [5.74, 6) is 0. The molecule has 0 N–H and O–H groups in total. The number of halogens is 3. The fourth-order valence-corrected chi connectivity index (χ4v) is 0.908. The Labute approximate surface area is 75.5 Å². The molecule has 0 atom stereocenters. The lowest BCUT2D eigenvalue weighted by molar-refractivity contribution is -0.386. The van der Waals surface area contributed by atoms with Gasteiger partial charge in [0.2, 0.25) is 5.15 Å². The van der Waals surface area contributed by atoms with E-state index in [0.29, 0.717) is 0 Å². The van der Waals surface area contributed by atoms with Crippen molar-refractivity contribution in [2.45, 2.75) is 6.43 Å². The van der Waals surface area contributed by atoms with Crippen LogP contribution in [-0.4, -0.2) is 14.9 Å². The predicted molar refractivity (Wildman–Crippen MR) is 38.7 cm³/mol. The van der Waals surface area contributed by atoms with Gasteiger partial charge in [-0.05, 0) is 0 Å². The summed E-state index contributed by atoms with van der Waals surface area (Å²) in [5.41, 5.74) is -1.91. The topological polar surface area (TPSA) is 68.9 Å². The minimum Gasteiger partial charge on any atom is -0.258 e. The van der Waals surface area contributed by atoms with Crippen molar-refractivity contribution in [2.75, 3.05) is 0 Å². The first-order valence-corrected chi connectivity index (χ1v) is 3.34. The first kappa shape index (κ1) is 9.72. The van der Waals surface area contributed by atoms with Crippen LogP contribution in [0.1, 0.15) is 12.1 Å². The number of hydrogen-bond acceptors (Lipinski definition) is 4. The second-order valence-corrected chi connectivity index (χ2v) is 2.31. The van der Waals surface area contributed by atoms with Gasteiger partial charge in [0.25, 0.3) is 6.43 Å². The number of hydrogen-bond donors (Lipinski definition) is 0. The smallest absolute Gasteiger partial charge is 0.258 e. The van der Waals surface area contributed by atoms with Gasteiger partial charge < -0.3 is 0 Å². The molecule has 0 fully saturated rings. The van der Waals surface area contributed by atoms with Crippen LogP contribution in [0.3, 0.4) is 0 Å². The predicted octanol–water partition coefficient (Wildman–Crippen LogP) is 1.98. The molecule has 0 aliphatic heterocycles. The fourth-order valence-electron chi connectivity index (χ4n) is 0.698. The van der Waals surface area contributed by atoms with Crippen molar-refractivity contribution in [1.82, 2.24) is 9.97 Å². The van der Waals surface area contributed by atoms with Crippen molar-refractivity contribution in [3.63, 3.8) is 0 Å². The lowest BCUT2D eigenvalue weighted by Gasteiger charge is -1.99. The summed E-state index contributed by atoms with van der Waals surface area (Å²) in [7, 11) is 0. The van der Waals surface area contributed by atoms with Gasteiger partial charge in [-0.25, -0.2) is 18.7 Å². The van der Waals surface area contributed by atoms with Gasteiger partial charge in [0.05, 0.1) is 4.92 Å². The standard InChI is InChI=1S/C5H2ClF2N3O2/c6-4-3(11(12)13)2(5(7)8)9-1-10-4/h1,5H. The maximum Gasteiger partial charge on any atom is 0.333 e. The van der Waals surface area contributed by atoms with Crippen molar-refractivity contribution < 1.29 is 13.7 Å². The minimum atomic E-state index is -3.04. The Hall–Kier alpha value is -1.37. The number of nitrogens with zero attached hydrogens (tertiary/aromatic N) is 3. The first-order chi connectivity index (χ1) is 6.04. The van der Waals surface area contributed by atoms with Gasteiger partial charge in [-0.2, -0.15) is 0 Å². The van der Waals surface area contributed by atoms with E-state index in [1.54, 1.807) is 0 Å². The lowest BCUT2D eigenvalue weighted by atomic mass is 10.3. The highest BCUT2D eigenvalue weighted by Crippen LogP contribution is 2.30. The average molecular weight is 210 g/mol. The summed E-state index contributed by atoms with van der Waals surface area (Å²) in [6.45, 7) is 0. The van der Waals surface area contributed by atoms with E-state index >= 15 is 0 Å². The van der Waals surface area contributed by atoms with E-state index in [9.17, 15) is 18.9 Å². The summed E-state index contributed by atoms with van der Waals surface area (Å²) in [6.07, 6.45) is -2.29. The monoisotopic (exact) mass is 209 g/mol. The SMILES string of the molecule is O=[N+]([O-])c1c(Cl)ncnc1C(F)F. The van der Waals surface area contributed by atoms with Crippen molar-refractivity contribution in [2.24, 2.45) is 0 Å². The molecule has 1 aromatic heterocycles. The number of rotatable bonds is 2. The van der Waals surface area contributed by atoms with Gasteiger partial charge in [0, 0.05) is 0 Å². The summed E-state index contributed by atoms with van der Waals surface area (Å²) in [6, 6.07) is 0. The van der Waals surface area contributed by atoms with E-state index in [-0.39, 0.29) is 0 Å². The molecule has 0 unspecified atom stereocenters. The van der Waals surface area contributed by atoms with Crippen molar-refractivity contribution in [1.29, 1.82) is 0 Å². The molecule has 0 spiro atoms. The van der Waals surface area contributed by atoms with Crippen molar-refractivity contribution in [3.05, 3.63) is 27.3 Å². The molecule has 70 valence electrons. The van der Waals surface area contributed by atoms with E-state index in [1.807, 2.05) is 0 Å². The molecule has 0 aliphatic carbocycles. The van der Waals surface area contributed by atoms with E-state index in [0.717, 1.165) is 6.33 Å². The van der Waals surface area contributed by atoms with Crippen LogP contribution in [0.4, 0.5) is 14.5 Å². The molecule has 13 heavy (non-hydrogen) atoms. The Bertz CT molecular complexity index is 347. The molecule has 0 bridgehead atoms. The van der Waals surface area contributed by atoms with E-state index < -0.39 is 27.9 Å². The van der Waals surface area contributed by atoms with Crippen LogP contribution in [0.25, 0.3) is 0 Å². The summed E-state index contributed by atoms with van der Waals surface area (Å²) in [4.78, 5) is 15.5. The van der Waals surface area contributed by atoms with Crippen LogP contribution in [0.15, 0.2) is 6.33 Å². The molecule has 0 amide bonds. The van der Waals surface area contributed by atoms with Crippen LogP contribution in [0.2, 0.25) is 5.15 Å². The molecule has 0 radical (unpaired) electrons. The van der Waals surface area contributed by atoms with Gasteiger partial charge in [0.1, 0.15) is 6.33 Å². The average Bonchev–Trinajstić information content (AvgIpc) is 2.02. The van der Waals surface area contributed by atoms with Gasteiger partial charge in [0.15, 0.2) is 5.69 Å². The molecular weight excluding hydrogens is 208 g/mol. The number of aromatic nitrogens is 2. The molecule has 0 aromatic carbocycles. The maximum atomic E-state index is 12.1. The zero-order valence-electron chi connectivity index (χ0n) is 5.95. The largest absolute Gasteiger partial charge is 0.333 e. The minimum absolute atomic E-state index is 0.588. The Balaban J connectivity index is 3.34. The van der Waals surface area contributed by atoms with Crippen molar-refractivity contribution in [3.8, 4) is 0 Å². The lowest BCUT2D eigenvalue weighted by Crippen LogP contribution is -2.01. The Morgan fingerprint density at radius 2 is 2.15 bits per heavy atom. The third-order valence-electron chi connectivity index (χ3n) is 1.20. The normalized spacial score (nSPS) is 10.5. The van der Waals surface area contributed by atoms with Gasteiger partial charge >= 0.3 is 5.69 Å². The first-order valence-electron chi connectivity index (χ1n) is 2.97. The molecule has 1 rings (SSSR count). The molecule has 0 saturated heterocycles. The summed E-state index contributed by atoms with van der Waals surface area (Å²) >= 11 is 5.24. The Morgan fingerprint density at radius 1 is 1.54 bits per heavy atom. The van der Waals surface area contributed by atoms with Crippen LogP contribution in [0.5, 0.6) is 0 Å². The third kappa shape index (κ3) is 1.86. The Morgan fingerprint density at radius 3 is 2.54 bits per heavy atom. The van der Waals surface area contributed by atoms with Gasteiger partial charge in [-0.1, -0.05) is 11.6 Å². The van der Waals surface area contributed by atoms with E-state index in [4.69, 9.17) is 11.6 Å². The molecule has 5 nitrogen and oxygen atoms in total. The molecule has 8 heteroatoms. The zero-order chi connectivity index (χ0) is 10.0. The van der Waals surface area contributed by atoms with E-state index in [2.05, 4.69) is 9.97 Å². The van der Waals surface area contributed by atoms with Gasteiger partial charge in [-0.15, -0.1) is 0 Å². The Kier molecular flexibility index (Phi) is 2.66. The highest BCUT2D eigenvalue weighted by atomic mass is 35.5. The molecule has 1 aromatic rings. The quantitative estimate of drug-likeness (QED) is 0.424. The van der Waals surface area contributed by atoms with Crippen LogP contribution >= 0.6 is 11.6 Å². The molecular formula is C5H2ClF2N3O2. The second-order valence-electron chi connectivity index (χ2n) is 1.96. The van der Waals surface area contributed by atoms with Crippen LogP contribution in [-0.2, 0) is 0 Å². The van der Waals surface area contributed by atoms with E-state index in [1.165, 1.54) is 0 Å². The summed E-state index contributed by atoms with van der Waals surface area (Å²) in [5, 5.41) is 9.67. The van der Waals surface area contributed by atoms with Crippen LogP contribution < -0.4 is 0 Å². The zero-order valence-corrected chi connectivity index (χ0v) is 6.70. The number of nitro groups is 1. The molecule has 1 heterocycles. The molecule has 0 saturated carbocycles. The van der Waals surface area contributed by atoms with Crippen molar-refractivity contribution >= 4 is 17.3 Å². The maximum absolute atomic E-state index is 12.1. The third-order valence-corrected chi connectivity index (χ3v) is 1.47. The number of alkyl halides is 2. The fraction of sp³-hybridized carbons (Fsp3) is 0.200. The second kappa shape index (κ2) is 3.56.